The summed E-state index contributed by atoms with van der Waals surface area (Å²) in [5.74, 6) is -1.39. The topological polar surface area (TPSA) is 72.9 Å². The predicted octanol–water partition coefficient (Wildman–Crippen LogP) is -1.18. The molecule has 2 aliphatic rings. The van der Waals surface area contributed by atoms with Crippen LogP contribution in [0.1, 0.15) is 6.42 Å². The molecule has 17 heavy (non-hydrogen) atoms. The maximum Gasteiger partial charge on any atom is 0.308 e. The Morgan fingerprint density at radius 1 is 1.35 bits per heavy atom. The van der Waals surface area contributed by atoms with Crippen LogP contribution >= 0.6 is 0 Å². The van der Waals surface area contributed by atoms with Crippen molar-refractivity contribution >= 4 is 11.9 Å². The molecule has 1 amide bonds. The molecule has 2 heterocycles. The molecule has 96 valence electrons. The Labute approximate surface area is 101 Å². The van der Waals surface area contributed by atoms with Gasteiger partial charge >= 0.3 is 5.97 Å². The summed E-state index contributed by atoms with van der Waals surface area (Å²) in [4.78, 5) is 26.4. The minimum absolute atomic E-state index is 0.0208. The molecule has 0 radical (unpaired) electrons. The minimum Gasteiger partial charge on any atom is -0.481 e. The molecule has 2 aliphatic heterocycles. The summed E-state index contributed by atoms with van der Waals surface area (Å²) in [5, 5.41) is 12.1. The number of nitrogens with zero attached hydrogens (tertiary/aromatic N) is 2. The van der Waals surface area contributed by atoms with Gasteiger partial charge in [-0.15, -0.1) is 0 Å². The van der Waals surface area contributed by atoms with Crippen molar-refractivity contribution in [2.45, 2.75) is 6.42 Å². The predicted molar refractivity (Wildman–Crippen MR) is 61.6 cm³/mol. The van der Waals surface area contributed by atoms with E-state index in [0.717, 1.165) is 32.7 Å². The van der Waals surface area contributed by atoms with E-state index in [0.29, 0.717) is 13.1 Å². The van der Waals surface area contributed by atoms with Crippen molar-refractivity contribution in [3.8, 4) is 0 Å². The Hall–Kier alpha value is -1.14. The number of rotatable bonds is 4. The van der Waals surface area contributed by atoms with Crippen LogP contribution in [0.3, 0.4) is 0 Å². The third kappa shape index (κ3) is 3.17. The van der Waals surface area contributed by atoms with Crippen LogP contribution in [-0.2, 0) is 9.59 Å². The van der Waals surface area contributed by atoms with Crippen LogP contribution in [0, 0.1) is 5.92 Å². The van der Waals surface area contributed by atoms with E-state index in [4.69, 9.17) is 5.11 Å². The molecule has 0 aliphatic carbocycles. The summed E-state index contributed by atoms with van der Waals surface area (Å²) in [7, 11) is 0. The molecule has 0 unspecified atom stereocenters. The average Bonchev–Trinajstić information content (AvgIpc) is 2.70. The SMILES string of the molecule is O=C(O)[C@H]1CC(=O)N(CCN2CCNCC2)C1. The van der Waals surface area contributed by atoms with E-state index >= 15 is 0 Å². The van der Waals surface area contributed by atoms with Crippen molar-refractivity contribution in [1.82, 2.24) is 15.1 Å². The van der Waals surface area contributed by atoms with Crippen molar-refractivity contribution in [3.05, 3.63) is 0 Å². The summed E-state index contributed by atoms with van der Waals surface area (Å²) in [6, 6.07) is 0. The maximum absolute atomic E-state index is 11.6. The lowest BCUT2D eigenvalue weighted by molar-refractivity contribution is -0.141. The first kappa shape index (κ1) is 12.3. The Morgan fingerprint density at radius 3 is 2.65 bits per heavy atom. The Balaban J connectivity index is 1.75. The van der Waals surface area contributed by atoms with E-state index in [1.807, 2.05) is 0 Å². The molecular formula is C11H19N3O3. The van der Waals surface area contributed by atoms with E-state index in [2.05, 4.69) is 10.2 Å². The van der Waals surface area contributed by atoms with Gasteiger partial charge < -0.3 is 15.3 Å². The molecule has 0 spiro atoms. The van der Waals surface area contributed by atoms with Crippen LogP contribution in [0.2, 0.25) is 0 Å². The Bertz CT molecular complexity index is 302. The quantitative estimate of drug-likeness (QED) is 0.648. The fraction of sp³-hybridized carbons (Fsp3) is 0.818. The molecule has 0 saturated carbocycles. The number of piperazine rings is 1. The molecule has 2 fully saturated rings. The van der Waals surface area contributed by atoms with E-state index in [9.17, 15) is 9.59 Å². The van der Waals surface area contributed by atoms with Crippen LogP contribution in [0.15, 0.2) is 0 Å². The largest absolute Gasteiger partial charge is 0.481 e. The maximum atomic E-state index is 11.6. The standard InChI is InChI=1S/C11H19N3O3/c15-10-7-9(11(16)17)8-14(10)6-5-13-3-1-12-2-4-13/h9,12H,1-8H2,(H,16,17)/t9-/m0/s1. The Morgan fingerprint density at radius 2 is 2.06 bits per heavy atom. The van der Waals surface area contributed by atoms with Crippen molar-refractivity contribution < 1.29 is 14.7 Å². The first-order chi connectivity index (χ1) is 8.16. The number of carbonyl (C=O) groups excluding carboxylic acids is 1. The molecule has 0 bridgehead atoms. The summed E-state index contributed by atoms with van der Waals surface area (Å²) < 4.78 is 0. The highest BCUT2D eigenvalue weighted by molar-refractivity contribution is 5.86. The van der Waals surface area contributed by atoms with Crippen LogP contribution in [-0.4, -0.2) is 72.6 Å². The van der Waals surface area contributed by atoms with Crippen molar-refractivity contribution in [2.75, 3.05) is 45.8 Å². The number of amides is 1. The van der Waals surface area contributed by atoms with Gasteiger partial charge in [0.25, 0.3) is 0 Å². The highest BCUT2D eigenvalue weighted by Crippen LogP contribution is 2.17. The highest BCUT2D eigenvalue weighted by atomic mass is 16.4. The third-order valence-corrected chi connectivity index (χ3v) is 3.46. The number of carboxylic acids is 1. The molecule has 0 aromatic rings. The normalized spacial score (nSPS) is 26.5. The second kappa shape index (κ2) is 5.46. The van der Waals surface area contributed by atoms with Crippen molar-refractivity contribution in [3.63, 3.8) is 0 Å². The molecule has 6 nitrogen and oxygen atoms in total. The number of carbonyl (C=O) groups is 2. The smallest absolute Gasteiger partial charge is 0.308 e. The number of nitrogens with one attached hydrogen (secondary N) is 1. The highest BCUT2D eigenvalue weighted by Gasteiger charge is 2.34. The third-order valence-electron chi connectivity index (χ3n) is 3.46. The van der Waals surface area contributed by atoms with Crippen LogP contribution < -0.4 is 5.32 Å². The van der Waals surface area contributed by atoms with Gasteiger partial charge in [0, 0.05) is 52.2 Å². The van der Waals surface area contributed by atoms with Crippen molar-refractivity contribution in [2.24, 2.45) is 5.92 Å². The number of aliphatic carboxylic acids is 1. The van der Waals surface area contributed by atoms with Gasteiger partial charge in [-0.2, -0.15) is 0 Å². The first-order valence-corrected chi connectivity index (χ1v) is 6.10. The number of hydrogen-bond acceptors (Lipinski definition) is 4. The van der Waals surface area contributed by atoms with Crippen LogP contribution in [0.25, 0.3) is 0 Å². The first-order valence-electron chi connectivity index (χ1n) is 6.10. The van der Waals surface area contributed by atoms with E-state index in [1.54, 1.807) is 4.90 Å². The van der Waals surface area contributed by atoms with E-state index in [1.165, 1.54) is 0 Å². The van der Waals surface area contributed by atoms with Gasteiger partial charge in [-0.1, -0.05) is 0 Å². The fourth-order valence-corrected chi connectivity index (χ4v) is 2.35. The Kier molecular flexibility index (Phi) is 3.96. The fourth-order valence-electron chi connectivity index (χ4n) is 2.35. The van der Waals surface area contributed by atoms with Crippen LogP contribution in [0.4, 0.5) is 0 Å². The van der Waals surface area contributed by atoms with Gasteiger partial charge in [0.2, 0.25) is 5.91 Å². The molecular weight excluding hydrogens is 222 g/mol. The molecule has 2 saturated heterocycles. The van der Waals surface area contributed by atoms with Crippen LogP contribution in [0.5, 0.6) is 0 Å². The zero-order valence-electron chi connectivity index (χ0n) is 9.89. The zero-order valence-corrected chi connectivity index (χ0v) is 9.89. The summed E-state index contributed by atoms with van der Waals surface area (Å²) in [6.45, 7) is 5.87. The number of carboxylic acid groups (broad SMARTS) is 1. The molecule has 2 N–H and O–H groups in total. The minimum atomic E-state index is -0.858. The second-order valence-electron chi connectivity index (χ2n) is 4.67. The number of hydrogen-bond donors (Lipinski definition) is 2. The average molecular weight is 241 g/mol. The lowest BCUT2D eigenvalue weighted by atomic mass is 10.1. The molecule has 0 aromatic carbocycles. The summed E-state index contributed by atoms with van der Waals surface area (Å²) in [5.41, 5.74) is 0. The molecule has 6 heteroatoms. The van der Waals surface area contributed by atoms with Gasteiger partial charge in [-0.3, -0.25) is 14.5 Å². The lowest BCUT2D eigenvalue weighted by Gasteiger charge is -2.29. The monoisotopic (exact) mass is 241 g/mol. The van der Waals surface area contributed by atoms with E-state index < -0.39 is 11.9 Å². The van der Waals surface area contributed by atoms with Gasteiger partial charge in [0.15, 0.2) is 0 Å². The van der Waals surface area contributed by atoms with Gasteiger partial charge in [0.05, 0.1) is 5.92 Å². The number of likely N-dealkylation sites (tertiary alicyclic amines) is 1. The lowest BCUT2D eigenvalue weighted by Crippen LogP contribution is -2.46. The van der Waals surface area contributed by atoms with Gasteiger partial charge in [-0.25, -0.2) is 0 Å². The zero-order chi connectivity index (χ0) is 12.3. The molecule has 1 atom stereocenters. The second-order valence-corrected chi connectivity index (χ2v) is 4.67. The van der Waals surface area contributed by atoms with Crippen molar-refractivity contribution in [1.29, 1.82) is 0 Å². The molecule has 0 aromatic heterocycles. The summed E-state index contributed by atoms with van der Waals surface area (Å²) in [6.07, 6.45) is 0.164. The molecule has 2 rings (SSSR count). The van der Waals surface area contributed by atoms with E-state index in [-0.39, 0.29) is 12.3 Å². The summed E-state index contributed by atoms with van der Waals surface area (Å²) >= 11 is 0. The van der Waals surface area contributed by atoms with Gasteiger partial charge in [0.1, 0.15) is 0 Å². The van der Waals surface area contributed by atoms with Gasteiger partial charge in [-0.05, 0) is 0 Å².